The molecule has 1 aromatic rings. The van der Waals surface area contributed by atoms with Crippen molar-refractivity contribution in [3.8, 4) is 5.75 Å². The lowest BCUT2D eigenvalue weighted by Gasteiger charge is -2.08. The summed E-state index contributed by atoms with van der Waals surface area (Å²) in [4.78, 5) is 11.3. The SMILES string of the molecule is COC(=O)C1=CCCc2ccccc2O1. The lowest BCUT2D eigenvalue weighted by Crippen LogP contribution is -2.10. The minimum absolute atomic E-state index is 0.280. The van der Waals surface area contributed by atoms with E-state index in [0.29, 0.717) is 0 Å². The zero-order chi connectivity index (χ0) is 10.7. The summed E-state index contributed by atoms with van der Waals surface area (Å²) in [6.07, 6.45) is 3.45. The Bertz CT molecular complexity index is 407. The van der Waals surface area contributed by atoms with Crippen LogP contribution in [0.15, 0.2) is 36.1 Å². The van der Waals surface area contributed by atoms with E-state index in [1.807, 2.05) is 24.3 Å². The van der Waals surface area contributed by atoms with Crippen LogP contribution in [0.25, 0.3) is 0 Å². The van der Waals surface area contributed by atoms with Crippen LogP contribution in [-0.2, 0) is 16.0 Å². The number of ether oxygens (including phenoxy) is 2. The predicted molar refractivity (Wildman–Crippen MR) is 55.5 cm³/mol. The van der Waals surface area contributed by atoms with Gasteiger partial charge in [0.05, 0.1) is 7.11 Å². The quantitative estimate of drug-likeness (QED) is 0.657. The maximum absolute atomic E-state index is 11.3. The van der Waals surface area contributed by atoms with Gasteiger partial charge in [-0.1, -0.05) is 18.2 Å². The van der Waals surface area contributed by atoms with Crippen molar-refractivity contribution in [1.29, 1.82) is 0 Å². The van der Waals surface area contributed by atoms with Crippen LogP contribution in [0.3, 0.4) is 0 Å². The van der Waals surface area contributed by atoms with Crippen LogP contribution < -0.4 is 4.74 Å². The summed E-state index contributed by atoms with van der Waals surface area (Å²) in [7, 11) is 1.35. The Hall–Kier alpha value is -1.77. The van der Waals surface area contributed by atoms with Gasteiger partial charge in [0.2, 0.25) is 5.76 Å². The van der Waals surface area contributed by atoms with Crippen LogP contribution in [0.5, 0.6) is 5.75 Å². The smallest absolute Gasteiger partial charge is 0.373 e. The molecule has 1 aliphatic heterocycles. The van der Waals surface area contributed by atoms with Gasteiger partial charge in [-0.25, -0.2) is 4.79 Å². The summed E-state index contributed by atoms with van der Waals surface area (Å²) in [5.41, 5.74) is 1.12. The lowest BCUT2D eigenvalue weighted by molar-refractivity contribution is -0.138. The molecule has 2 rings (SSSR count). The highest BCUT2D eigenvalue weighted by Gasteiger charge is 2.16. The molecule has 1 heterocycles. The minimum Gasteiger partial charge on any atom is -0.463 e. The van der Waals surface area contributed by atoms with Gasteiger partial charge in [-0.2, -0.15) is 0 Å². The van der Waals surface area contributed by atoms with Crippen molar-refractivity contribution in [2.45, 2.75) is 12.8 Å². The molecule has 15 heavy (non-hydrogen) atoms. The van der Waals surface area contributed by atoms with Gasteiger partial charge in [0.15, 0.2) is 0 Å². The minimum atomic E-state index is -0.424. The number of rotatable bonds is 1. The summed E-state index contributed by atoms with van der Waals surface area (Å²) in [6.45, 7) is 0. The lowest BCUT2D eigenvalue weighted by atomic mass is 10.1. The average molecular weight is 204 g/mol. The Morgan fingerprint density at radius 1 is 1.40 bits per heavy atom. The van der Waals surface area contributed by atoms with Crippen molar-refractivity contribution in [3.05, 3.63) is 41.7 Å². The van der Waals surface area contributed by atoms with E-state index in [0.717, 1.165) is 24.2 Å². The second-order valence-electron chi connectivity index (χ2n) is 3.31. The summed E-state index contributed by atoms with van der Waals surface area (Å²) >= 11 is 0. The summed E-state index contributed by atoms with van der Waals surface area (Å²) in [5.74, 6) is 0.598. The molecule has 0 amide bonds. The number of hydrogen-bond acceptors (Lipinski definition) is 3. The molecule has 3 nitrogen and oxygen atoms in total. The highest BCUT2D eigenvalue weighted by molar-refractivity contribution is 5.86. The van der Waals surface area contributed by atoms with Crippen molar-refractivity contribution in [2.24, 2.45) is 0 Å². The van der Waals surface area contributed by atoms with E-state index in [1.54, 1.807) is 6.08 Å². The fraction of sp³-hybridized carbons (Fsp3) is 0.250. The molecule has 78 valence electrons. The summed E-state index contributed by atoms with van der Waals surface area (Å²) in [6, 6.07) is 7.71. The number of carbonyl (C=O) groups is 1. The van der Waals surface area contributed by atoms with Gasteiger partial charge >= 0.3 is 5.97 Å². The molecule has 1 aromatic carbocycles. The van der Waals surface area contributed by atoms with E-state index < -0.39 is 5.97 Å². The Balaban J connectivity index is 2.28. The van der Waals surface area contributed by atoms with Crippen LogP contribution in [0.1, 0.15) is 12.0 Å². The Kier molecular flexibility index (Phi) is 2.72. The molecule has 0 aliphatic carbocycles. The van der Waals surface area contributed by atoms with E-state index in [4.69, 9.17) is 4.74 Å². The first-order chi connectivity index (χ1) is 7.31. The topological polar surface area (TPSA) is 35.5 Å². The van der Waals surface area contributed by atoms with Crippen LogP contribution in [-0.4, -0.2) is 13.1 Å². The monoisotopic (exact) mass is 204 g/mol. The van der Waals surface area contributed by atoms with Gasteiger partial charge in [-0.05, 0) is 30.5 Å². The molecule has 0 spiro atoms. The first-order valence-electron chi connectivity index (χ1n) is 4.85. The first-order valence-corrected chi connectivity index (χ1v) is 4.85. The molecule has 0 radical (unpaired) electrons. The van der Waals surface area contributed by atoms with Gasteiger partial charge < -0.3 is 9.47 Å². The van der Waals surface area contributed by atoms with E-state index in [1.165, 1.54) is 7.11 Å². The number of esters is 1. The fourth-order valence-electron chi connectivity index (χ4n) is 1.55. The van der Waals surface area contributed by atoms with Crippen molar-refractivity contribution < 1.29 is 14.3 Å². The molecule has 1 aliphatic rings. The third-order valence-corrected chi connectivity index (χ3v) is 2.32. The molecule has 0 unspecified atom stereocenters. The van der Waals surface area contributed by atoms with Crippen LogP contribution in [0.2, 0.25) is 0 Å². The Morgan fingerprint density at radius 2 is 2.20 bits per heavy atom. The number of fused-ring (bicyclic) bond motifs is 1. The number of para-hydroxylation sites is 1. The van der Waals surface area contributed by atoms with Crippen molar-refractivity contribution >= 4 is 5.97 Å². The summed E-state index contributed by atoms with van der Waals surface area (Å²) in [5, 5.41) is 0. The van der Waals surface area contributed by atoms with E-state index in [2.05, 4.69) is 4.74 Å². The molecule has 0 aromatic heterocycles. The zero-order valence-electron chi connectivity index (χ0n) is 8.53. The van der Waals surface area contributed by atoms with E-state index in [9.17, 15) is 4.79 Å². The highest BCUT2D eigenvalue weighted by atomic mass is 16.6. The number of allylic oxidation sites excluding steroid dienone is 1. The molecule has 0 bridgehead atoms. The van der Waals surface area contributed by atoms with Crippen molar-refractivity contribution in [1.82, 2.24) is 0 Å². The fourth-order valence-corrected chi connectivity index (χ4v) is 1.55. The highest BCUT2D eigenvalue weighted by Crippen LogP contribution is 2.25. The van der Waals surface area contributed by atoms with E-state index in [-0.39, 0.29) is 5.76 Å². The average Bonchev–Trinajstić information content (AvgIpc) is 2.49. The van der Waals surface area contributed by atoms with Crippen molar-refractivity contribution in [2.75, 3.05) is 7.11 Å². The van der Waals surface area contributed by atoms with Crippen LogP contribution in [0.4, 0.5) is 0 Å². The van der Waals surface area contributed by atoms with Crippen LogP contribution in [0, 0.1) is 0 Å². The molecular weight excluding hydrogens is 192 g/mol. The predicted octanol–water partition coefficient (Wildman–Crippen LogP) is 2.07. The number of hydrogen-bond donors (Lipinski definition) is 0. The third kappa shape index (κ3) is 2.01. The maximum atomic E-state index is 11.3. The largest absolute Gasteiger partial charge is 0.463 e. The molecule has 0 fully saturated rings. The Labute approximate surface area is 88.3 Å². The number of benzene rings is 1. The second-order valence-corrected chi connectivity index (χ2v) is 3.31. The van der Waals surface area contributed by atoms with E-state index >= 15 is 0 Å². The van der Waals surface area contributed by atoms with Crippen molar-refractivity contribution in [3.63, 3.8) is 0 Å². The number of aryl methyl sites for hydroxylation is 1. The molecule has 0 saturated carbocycles. The van der Waals surface area contributed by atoms with Gasteiger partial charge in [-0.15, -0.1) is 0 Å². The number of methoxy groups -OCH3 is 1. The van der Waals surface area contributed by atoms with Gasteiger partial charge in [0.25, 0.3) is 0 Å². The summed E-state index contributed by atoms with van der Waals surface area (Å²) < 4.78 is 10.1. The zero-order valence-corrected chi connectivity index (χ0v) is 8.53. The molecule has 0 N–H and O–H groups in total. The molecular formula is C12H12O3. The molecule has 3 heteroatoms. The van der Waals surface area contributed by atoms with Gasteiger partial charge in [0, 0.05) is 0 Å². The van der Waals surface area contributed by atoms with Gasteiger partial charge in [0.1, 0.15) is 5.75 Å². The third-order valence-electron chi connectivity index (χ3n) is 2.32. The number of carbonyl (C=O) groups excluding carboxylic acids is 1. The second kappa shape index (κ2) is 4.17. The normalized spacial score (nSPS) is 14.3. The van der Waals surface area contributed by atoms with Crippen LogP contribution >= 0.6 is 0 Å². The first kappa shape index (κ1) is 9.77. The molecule has 0 atom stereocenters. The molecule has 0 saturated heterocycles. The Morgan fingerprint density at radius 3 is 3.00 bits per heavy atom. The van der Waals surface area contributed by atoms with Gasteiger partial charge in [-0.3, -0.25) is 0 Å². The maximum Gasteiger partial charge on any atom is 0.373 e. The standard InChI is InChI=1S/C12H12O3/c1-14-12(13)11-8-4-6-9-5-2-3-7-10(9)15-11/h2-3,5,7-8H,4,6H2,1H3.